The monoisotopic (exact) mass is 166 g/mol. The van der Waals surface area contributed by atoms with Crippen LogP contribution < -0.4 is 0 Å². The van der Waals surface area contributed by atoms with E-state index in [9.17, 15) is 0 Å². The van der Waals surface area contributed by atoms with Crippen molar-refractivity contribution in [3.05, 3.63) is 0 Å². The average molecular weight is 166 g/mol. The SMILES string of the molecule is CC=BI. The molecule has 0 aliphatic carbocycles. The molecule has 0 aromatic rings. The van der Waals surface area contributed by atoms with Crippen LogP contribution in [0.5, 0.6) is 0 Å². The molecule has 0 heterocycles. The van der Waals surface area contributed by atoms with E-state index in [1.807, 2.05) is 17.7 Å². The maximum absolute atomic E-state index is 2.17. The van der Waals surface area contributed by atoms with Gasteiger partial charge in [-0.1, -0.05) is 0 Å². The molecule has 22 valence electrons. The summed E-state index contributed by atoms with van der Waals surface area (Å²) in [4.78, 5) is 0. The third-order valence-electron chi connectivity index (χ3n) is 0.126. The zero-order valence-corrected chi connectivity index (χ0v) is 4.69. The van der Waals surface area contributed by atoms with Crippen molar-refractivity contribution < 1.29 is 0 Å². The van der Waals surface area contributed by atoms with Crippen LogP contribution in [0.25, 0.3) is 0 Å². The van der Waals surface area contributed by atoms with E-state index in [1.54, 1.807) is 0 Å². The minimum atomic E-state index is 1.97. The zero-order chi connectivity index (χ0) is 3.41. The summed E-state index contributed by atoms with van der Waals surface area (Å²) in [6.45, 7) is 1.99. The molecule has 0 fully saturated rings. The van der Waals surface area contributed by atoms with Crippen molar-refractivity contribution in [2.75, 3.05) is 0 Å². The van der Waals surface area contributed by atoms with Crippen LogP contribution >= 0.6 is 22.4 Å². The summed E-state index contributed by atoms with van der Waals surface area (Å²) in [5.41, 5.74) is 0. The van der Waals surface area contributed by atoms with Crippen molar-refractivity contribution in [2.24, 2.45) is 0 Å². The van der Waals surface area contributed by atoms with Crippen LogP contribution in [0.15, 0.2) is 0 Å². The minimum absolute atomic E-state index is 1.97. The third-order valence-corrected chi connectivity index (χ3v) is 0.845. The Hall–Kier alpha value is 0.665. The van der Waals surface area contributed by atoms with Gasteiger partial charge in [-0.3, -0.25) is 0 Å². The van der Waals surface area contributed by atoms with Crippen LogP contribution in [-0.2, 0) is 0 Å². The molecule has 0 aliphatic rings. The van der Waals surface area contributed by atoms with Gasteiger partial charge in [0.15, 0.2) is 0 Å². The second-order valence-corrected chi connectivity index (χ2v) is 1.18. The van der Waals surface area contributed by atoms with Crippen molar-refractivity contribution >= 4 is 33.1 Å². The van der Waals surface area contributed by atoms with Crippen LogP contribution in [0.1, 0.15) is 6.92 Å². The van der Waals surface area contributed by atoms with Gasteiger partial charge < -0.3 is 0 Å². The molecule has 0 aromatic carbocycles. The molecule has 0 spiro atoms. The van der Waals surface area contributed by atoms with E-state index < -0.39 is 0 Å². The van der Waals surface area contributed by atoms with E-state index in [4.69, 9.17) is 0 Å². The van der Waals surface area contributed by atoms with Crippen LogP contribution in [0.2, 0.25) is 0 Å². The summed E-state index contributed by atoms with van der Waals surface area (Å²) < 4.78 is 1.97. The van der Waals surface area contributed by atoms with Crippen molar-refractivity contribution in [1.82, 2.24) is 0 Å². The first-order valence-corrected chi connectivity index (χ1v) is 2.37. The Morgan fingerprint density at radius 3 is 2.25 bits per heavy atom. The Morgan fingerprint density at radius 2 is 2.25 bits per heavy atom. The molecule has 0 aromatic heterocycles. The second-order valence-electron chi connectivity index (χ2n) is 0.459. The Morgan fingerprint density at radius 1 is 2.00 bits per heavy atom. The molecular formula is C2H4BI. The molecule has 4 heavy (non-hydrogen) atoms. The van der Waals surface area contributed by atoms with Crippen molar-refractivity contribution in [3.63, 3.8) is 0 Å². The fraction of sp³-hybridized carbons (Fsp3) is 0.500. The molecule has 0 nitrogen and oxygen atoms in total. The van der Waals surface area contributed by atoms with Crippen LogP contribution in [0.3, 0.4) is 0 Å². The average Bonchev–Trinajstić information content (AvgIpc) is 1.37. The van der Waals surface area contributed by atoms with Gasteiger partial charge in [-0.25, -0.2) is 0 Å². The molecule has 2 heteroatoms. The molecule has 0 atom stereocenters. The number of hydrogen-bond donors (Lipinski definition) is 0. The molecule has 0 saturated carbocycles. The van der Waals surface area contributed by atoms with Crippen LogP contribution in [0.4, 0.5) is 0 Å². The van der Waals surface area contributed by atoms with E-state index >= 15 is 0 Å². The summed E-state index contributed by atoms with van der Waals surface area (Å²) in [6.07, 6.45) is 0. The summed E-state index contributed by atoms with van der Waals surface area (Å²) in [6, 6.07) is 0. The Bertz CT molecular complexity index is 21.2. The van der Waals surface area contributed by atoms with E-state index in [-0.39, 0.29) is 0 Å². The Labute approximate surface area is 40.4 Å². The van der Waals surface area contributed by atoms with E-state index in [0.717, 1.165) is 0 Å². The van der Waals surface area contributed by atoms with Crippen molar-refractivity contribution in [3.8, 4) is 0 Å². The van der Waals surface area contributed by atoms with Crippen molar-refractivity contribution in [2.45, 2.75) is 6.92 Å². The first-order valence-electron chi connectivity index (χ1n) is 1.13. The van der Waals surface area contributed by atoms with Gasteiger partial charge in [0.1, 0.15) is 0 Å². The van der Waals surface area contributed by atoms with Gasteiger partial charge in [0.25, 0.3) is 0 Å². The summed E-state index contributed by atoms with van der Waals surface area (Å²) >= 11 is 2.17. The fourth-order valence-electron chi connectivity index (χ4n) is 0. The van der Waals surface area contributed by atoms with Gasteiger partial charge >= 0.3 is 40.0 Å². The van der Waals surface area contributed by atoms with E-state index in [0.29, 0.717) is 0 Å². The maximum atomic E-state index is 2.17. The quantitative estimate of drug-likeness (QED) is 0.369. The fourth-order valence-corrected chi connectivity index (χ4v) is 0. The standard InChI is InChI=1S/C2H4BI/c1-2-3-4/h2H,1H3. The predicted molar refractivity (Wildman–Crippen MR) is 31.5 cm³/mol. The normalized spacial score (nSPS) is 7.50. The number of hydrogen-bond acceptors (Lipinski definition) is 0. The van der Waals surface area contributed by atoms with Gasteiger partial charge in [0.2, 0.25) is 0 Å². The predicted octanol–water partition coefficient (Wildman–Crippen LogP) is 0.863. The molecule has 0 N–H and O–H groups in total. The molecule has 0 radical (unpaired) electrons. The van der Waals surface area contributed by atoms with Crippen LogP contribution in [0, 0.1) is 0 Å². The van der Waals surface area contributed by atoms with E-state index in [2.05, 4.69) is 22.4 Å². The molecule has 0 bridgehead atoms. The van der Waals surface area contributed by atoms with Gasteiger partial charge in [-0.05, 0) is 0 Å². The third kappa shape index (κ3) is 2.66. The van der Waals surface area contributed by atoms with Crippen LogP contribution in [-0.4, -0.2) is 10.7 Å². The Balaban J connectivity index is 2.55. The van der Waals surface area contributed by atoms with Gasteiger partial charge in [0, 0.05) is 0 Å². The van der Waals surface area contributed by atoms with Crippen molar-refractivity contribution in [1.29, 1.82) is 0 Å². The number of rotatable bonds is 0. The first-order chi connectivity index (χ1) is 1.91. The molecule has 0 aliphatic heterocycles. The first kappa shape index (κ1) is 4.66. The van der Waals surface area contributed by atoms with Gasteiger partial charge in [-0.2, -0.15) is 0 Å². The Kier molecular flexibility index (Phi) is 4.27. The zero-order valence-electron chi connectivity index (χ0n) is 2.53. The molecule has 0 unspecified atom stereocenters. The summed E-state index contributed by atoms with van der Waals surface area (Å²) in [5, 5.41) is 0. The molecule has 0 amide bonds. The molecular weight excluding hydrogens is 162 g/mol. The number of halogens is 1. The van der Waals surface area contributed by atoms with E-state index in [1.165, 1.54) is 0 Å². The second kappa shape index (κ2) is 3.66. The topological polar surface area (TPSA) is 0 Å². The van der Waals surface area contributed by atoms with Gasteiger partial charge in [0.05, 0.1) is 0 Å². The molecule has 0 rings (SSSR count). The summed E-state index contributed by atoms with van der Waals surface area (Å²) in [5.74, 6) is 1.99. The van der Waals surface area contributed by atoms with Gasteiger partial charge in [-0.15, -0.1) is 0 Å². The summed E-state index contributed by atoms with van der Waals surface area (Å²) in [7, 11) is 0. The molecule has 0 saturated heterocycles.